The molecule has 0 spiro atoms. The fourth-order valence-electron chi connectivity index (χ4n) is 1.22. The number of rotatable bonds is 1. The van der Waals surface area contributed by atoms with Gasteiger partial charge in [0, 0.05) is 11.6 Å². The third-order valence-corrected chi connectivity index (χ3v) is 1.84. The van der Waals surface area contributed by atoms with Gasteiger partial charge in [0.25, 0.3) is 0 Å². The highest BCUT2D eigenvalue weighted by molar-refractivity contribution is 5.68. The van der Waals surface area contributed by atoms with Gasteiger partial charge in [-0.05, 0) is 32.9 Å². The fraction of sp³-hybridized carbons (Fsp3) is 0.357. The van der Waals surface area contributed by atoms with Gasteiger partial charge in [-0.1, -0.05) is 11.8 Å². The molecule has 0 saturated carbocycles. The smallest absolute Gasteiger partial charge is 0.408 e. The summed E-state index contributed by atoms with van der Waals surface area (Å²) in [7, 11) is 0. The number of carbonyl (C=O) groups is 1. The second kappa shape index (κ2) is 6.10. The summed E-state index contributed by atoms with van der Waals surface area (Å²) in [5, 5.41) is 11.6. The van der Waals surface area contributed by atoms with Crippen LogP contribution in [0.15, 0.2) is 18.2 Å². The van der Waals surface area contributed by atoms with Crippen molar-refractivity contribution < 1.29 is 19.0 Å². The maximum Gasteiger partial charge on any atom is 0.408 e. The lowest BCUT2D eigenvalue weighted by atomic mass is 10.2. The van der Waals surface area contributed by atoms with Crippen molar-refractivity contribution in [2.75, 3.05) is 6.54 Å². The fourth-order valence-corrected chi connectivity index (χ4v) is 1.22. The lowest BCUT2D eigenvalue weighted by Gasteiger charge is -2.18. The first-order chi connectivity index (χ1) is 8.76. The van der Waals surface area contributed by atoms with Crippen molar-refractivity contribution in [2.45, 2.75) is 26.4 Å². The molecule has 19 heavy (non-hydrogen) atoms. The Hall–Kier alpha value is -2.22. The summed E-state index contributed by atoms with van der Waals surface area (Å²) in [6, 6.07) is 3.52. The van der Waals surface area contributed by atoms with Crippen molar-refractivity contribution in [2.24, 2.45) is 0 Å². The predicted octanol–water partition coefficient (Wildman–Crippen LogP) is 2.41. The second-order valence-corrected chi connectivity index (χ2v) is 4.86. The van der Waals surface area contributed by atoms with Gasteiger partial charge >= 0.3 is 6.09 Å². The monoisotopic (exact) mass is 265 g/mol. The van der Waals surface area contributed by atoms with Crippen LogP contribution < -0.4 is 5.32 Å². The Morgan fingerprint density at radius 3 is 2.68 bits per heavy atom. The molecule has 0 aliphatic heterocycles. The van der Waals surface area contributed by atoms with Crippen LogP contribution in [-0.2, 0) is 4.74 Å². The van der Waals surface area contributed by atoms with Gasteiger partial charge in [0.05, 0.1) is 6.54 Å². The van der Waals surface area contributed by atoms with Gasteiger partial charge < -0.3 is 15.2 Å². The van der Waals surface area contributed by atoms with Crippen LogP contribution in [0.2, 0.25) is 0 Å². The molecule has 1 amide bonds. The number of amides is 1. The second-order valence-electron chi connectivity index (χ2n) is 4.86. The Morgan fingerprint density at radius 2 is 2.11 bits per heavy atom. The van der Waals surface area contributed by atoms with E-state index >= 15 is 0 Å². The third-order valence-electron chi connectivity index (χ3n) is 1.84. The number of aromatic hydroxyl groups is 1. The number of halogens is 1. The molecule has 4 nitrogen and oxygen atoms in total. The van der Waals surface area contributed by atoms with Crippen LogP contribution in [0.25, 0.3) is 0 Å². The van der Waals surface area contributed by atoms with Crippen molar-refractivity contribution in [1.82, 2.24) is 5.32 Å². The third kappa shape index (κ3) is 6.32. The number of benzene rings is 1. The van der Waals surface area contributed by atoms with Crippen LogP contribution in [-0.4, -0.2) is 23.3 Å². The van der Waals surface area contributed by atoms with Crippen LogP contribution in [0.5, 0.6) is 5.75 Å². The molecule has 5 heteroatoms. The molecule has 0 fully saturated rings. The summed E-state index contributed by atoms with van der Waals surface area (Å²) in [6.45, 7) is 5.35. The highest BCUT2D eigenvalue weighted by atomic mass is 19.1. The minimum absolute atomic E-state index is 0.0756. The summed E-state index contributed by atoms with van der Waals surface area (Å²) < 4.78 is 17.9. The quantitative estimate of drug-likeness (QED) is 0.767. The zero-order valence-electron chi connectivity index (χ0n) is 11.1. The van der Waals surface area contributed by atoms with E-state index in [1.54, 1.807) is 20.8 Å². The molecule has 0 bridgehead atoms. The van der Waals surface area contributed by atoms with Crippen molar-refractivity contribution in [3.05, 3.63) is 29.6 Å². The van der Waals surface area contributed by atoms with Gasteiger partial charge in [-0.2, -0.15) is 0 Å². The number of hydrogen-bond donors (Lipinski definition) is 2. The molecular weight excluding hydrogens is 249 g/mol. The maximum absolute atomic E-state index is 12.9. The first-order valence-electron chi connectivity index (χ1n) is 5.71. The minimum atomic E-state index is -0.566. The summed E-state index contributed by atoms with van der Waals surface area (Å²) in [6.07, 6.45) is -0.566. The van der Waals surface area contributed by atoms with Crippen molar-refractivity contribution in [1.29, 1.82) is 0 Å². The number of carbonyl (C=O) groups excluding carboxylic acids is 1. The zero-order valence-corrected chi connectivity index (χ0v) is 11.1. The molecule has 0 heterocycles. The SMILES string of the molecule is CC(C)(C)OC(=O)NCC#Cc1cc(O)cc(F)c1. The Morgan fingerprint density at radius 1 is 1.42 bits per heavy atom. The molecule has 0 atom stereocenters. The predicted molar refractivity (Wildman–Crippen MR) is 69.2 cm³/mol. The van der Waals surface area contributed by atoms with E-state index in [4.69, 9.17) is 9.84 Å². The number of hydrogen-bond acceptors (Lipinski definition) is 3. The molecule has 0 aliphatic rings. The summed E-state index contributed by atoms with van der Waals surface area (Å²) in [5.41, 5.74) is -0.227. The first kappa shape index (κ1) is 14.8. The molecule has 102 valence electrons. The number of alkyl carbamates (subject to hydrolysis) is 1. The lowest BCUT2D eigenvalue weighted by Crippen LogP contribution is -2.32. The average molecular weight is 265 g/mol. The molecule has 2 N–H and O–H groups in total. The van der Waals surface area contributed by atoms with E-state index in [-0.39, 0.29) is 12.3 Å². The first-order valence-corrected chi connectivity index (χ1v) is 5.71. The largest absolute Gasteiger partial charge is 0.508 e. The van der Waals surface area contributed by atoms with E-state index in [2.05, 4.69) is 17.2 Å². The molecule has 1 rings (SSSR count). The van der Waals surface area contributed by atoms with Crippen molar-refractivity contribution in [3.8, 4) is 17.6 Å². The summed E-state index contributed by atoms with van der Waals surface area (Å²) in [4.78, 5) is 11.3. The Bertz CT molecular complexity index is 503. The molecule has 0 saturated heterocycles. The summed E-state index contributed by atoms with van der Waals surface area (Å²) in [5.74, 6) is 4.50. The highest BCUT2D eigenvalue weighted by Gasteiger charge is 2.14. The zero-order chi connectivity index (χ0) is 14.5. The number of phenols is 1. The molecule has 0 unspecified atom stereocenters. The highest BCUT2D eigenvalue weighted by Crippen LogP contribution is 2.13. The van der Waals surface area contributed by atoms with Gasteiger partial charge in [0.15, 0.2) is 0 Å². The number of phenolic OH excluding ortho intramolecular Hbond substituents is 1. The van der Waals surface area contributed by atoms with Crippen molar-refractivity contribution >= 4 is 6.09 Å². The standard InChI is InChI=1S/C14H16FNO3/c1-14(2,3)19-13(18)16-6-4-5-10-7-11(15)9-12(17)8-10/h7-9,17H,6H2,1-3H3,(H,16,18). The lowest BCUT2D eigenvalue weighted by molar-refractivity contribution is 0.0535. The topological polar surface area (TPSA) is 58.6 Å². The van der Waals surface area contributed by atoms with Crippen LogP contribution >= 0.6 is 0 Å². The molecule has 0 aliphatic carbocycles. The van der Waals surface area contributed by atoms with Crippen LogP contribution in [0.3, 0.4) is 0 Å². The Kier molecular flexibility index (Phi) is 4.76. The van der Waals surface area contributed by atoms with E-state index in [1.807, 2.05) is 0 Å². The average Bonchev–Trinajstić information content (AvgIpc) is 2.20. The number of nitrogens with one attached hydrogen (secondary N) is 1. The van der Waals surface area contributed by atoms with Gasteiger partial charge in [-0.15, -0.1) is 0 Å². The maximum atomic E-state index is 12.9. The number of ether oxygens (including phenoxy) is 1. The van der Waals surface area contributed by atoms with Gasteiger partial charge in [0.1, 0.15) is 17.2 Å². The van der Waals surface area contributed by atoms with Gasteiger partial charge in [-0.25, -0.2) is 9.18 Å². The molecule has 1 aromatic rings. The Labute approximate surface area is 111 Å². The van der Waals surface area contributed by atoms with Crippen LogP contribution in [0.1, 0.15) is 26.3 Å². The molecular formula is C14H16FNO3. The van der Waals surface area contributed by atoms with Crippen LogP contribution in [0, 0.1) is 17.7 Å². The van der Waals surface area contributed by atoms with E-state index in [0.29, 0.717) is 5.56 Å². The van der Waals surface area contributed by atoms with Crippen molar-refractivity contribution in [3.63, 3.8) is 0 Å². The molecule has 1 aromatic carbocycles. The van der Waals surface area contributed by atoms with Gasteiger partial charge in [-0.3, -0.25) is 0 Å². The Balaban J connectivity index is 2.50. The minimum Gasteiger partial charge on any atom is -0.508 e. The van der Waals surface area contributed by atoms with E-state index < -0.39 is 17.5 Å². The van der Waals surface area contributed by atoms with Crippen LogP contribution in [0.4, 0.5) is 9.18 Å². The molecule has 0 radical (unpaired) electrons. The molecule has 0 aromatic heterocycles. The van der Waals surface area contributed by atoms with E-state index in [0.717, 1.165) is 6.07 Å². The van der Waals surface area contributed by atoms with Gasteiger partial charge in [0.2, 0.25) is 0 Å². The van der Waals surface area contributed by atoms with E-state index in [1.165, 1.54) is 12.1 Å². The normalized spacial score (nSPS) is 10.3. The van der Waals surface area contributed by atoms with E-state index in [9.17, 15) is 9.18 Å². The summed E-state index contributed by atoms with van der Waals surface area (Å²) >= 11 is 0.